The van der Waals surface area contributed by atoms with Crippen LogP contribution in [0.3, 0.4) is 0 Å². The molecule has 0 amide bonds. The van der Waals surface area contributed by atoms with Gasteiger partial charge in [-0.2, -0.15) is 36.4 Å². The molecule has 32 heavy (non-hydrogen) atoms. The normalized spacial score (nSPS) is 10.1. The maximum atomic E-state index is 4.49. The minimum absolute atomic E-state index is 0.949. The molecule has 0 atom stereocenters. The van der Waals surface area contributed by atoms with E-state index in [1.807, 2.05) is 0 Å². The van der Waals surface area contributed by atoms with Crippen molar-refractivity contribution in [2.45, 2.75) is 13.1 Å². The molecule has 0 aliphatic carbocycles. The molecule has 0 saturated heterocycles. The third-order valence-electron chi connectivity index (χ3n) is 4.45. The van der Waals surface area contributed by atoms with E-state index in [0.29, 0.717) is 0 Å². The summed E-state index contributed by atoms with van der Waals surface area (Å²) in [7, 11) is 17.3. The van der Waals surface area contributed by atoms with Crippen molar-refractivity contribution in [2.24, 2.45) is 0 Å². The molecule has 0 saturated carbocycles. The zero-order valence-corrected chi connectivity index (χ0v) is 23.2. The first-order chi connectivity index (χ1) is 15.5. The van der Waals surface area contributed by atoms with Crippen molar-refractivity contribution in [3.8, 4) is 0 Å². The molecule has 0 spiro atoms. The van der Waals surface area contributed by atoms with Gasteiger partial charge in [0.2, 0.25) is 0 Å². The zero-order valence-electron chi connectivity index (χ0n) is 18.6. The van der Waals surface area contributed by atoms with Gasteiger partial charge < -0.3 is 9.80 Å². The maximum absolute atomic E-state index is 4.49. The van der Waals surface area contributed by atoms with Gasteiger partial charge in [0.05, 0.1) is 0 Å². The zero-order chi connectivity index (χ0) is 23.9. The Balaban J connectivity index is 0.000000277. The summed E-state index contributed by atoms with van der Waals surface area (Å²) in [5.41, 5.74) is 2.49. The van der Waals surface area contributed by atoms with E-state index in [4.69, 9.17) is 0 Å². The van der Waals surface area contributed by atoms with Crippen LogP contribution in [0, 0.1) is 12.1 Å². The van der Waals surface area contributed by atoms with Crippen LogP contribution in [0.25, 0.3) is 21.5 Å². The first-order valence-electron chi connectivity index (χ1n) is 9.83. The van der Waals surface area contributed by atoms with Crippen molar-refractivity contribution in [3.63, 3.8) is 0 Å². The van der Waals surface area contributed by atoms with Crippen molar-refractivity contribution < 1.29 is 36.4 Å². The van der Waals surface area contributed by atoms with Gasteiger partial charge in [-0.05, 0) is 28.2 Å². The summed E-state index contributed by atoms with van der Waals surface area (Å²) in [5, 5.41) is 5.11. The van der Waals surface area contributed by atoms with E-state index in [0.717, 1.165) is 13.1 Å². The summed E-state index contributed by atoms with van der Waals surface area (Å²) in [6, 6.07) is 31.9. The Bertz CT molecular complexity index is 971. The van der Waals surface area contributed by atoms with Crippen molar-refractivity contribution in [1.29, 1.82) is 0 Å². The van der Waals surface area contributed by atoms with Gasteiger partial charge in [0.1, 0.15) is 0 Å². The molecule has 0 heterocycles. The van der Waals surface area contributed by atoms with Gasteiger partial charge in [-0.25, -0.2) is 0 Å². The first kappa shape index (κ1) is 29.3. The average molecular weight is 652 g/mol. The van der Waals surface area contributed by atoms with E-state index in [2.05, 4.69) is 178 Å². The number of rotatable bonds is 4. The summed E-state index contributed by atoms with van der Waals surface area (Å²) < 4.78 is 0. The van der Waals surface area contributed by atoms with Gasteiger partial charge >= 0.3 is 55.4 Å². The van der Waals surface area contributed by atoms with Crippen molar-refractivity contribution in [2.75, 3.05) is 28.2 Å². The van der Waals surface area contributed by atoms with Gasteiger partial charge in [0.25, 0.3) is 0 Å². The summed E-state index contributed by atoms with van der Waals surface area (Å²) in [6.07, 6.45) is 0. The summed E-state index contributed by atoms with van der Waals surface area (Å²) in [4.78, 5) is 4.31. The number of fused-ring (bicyclic) bond motifs is 2. The first-order valence-corrected chi connectivity index (χ1v) is 13.8. The standard InChI is InChI=1S/2C13H14N.2ClH.2Pd/c2*1-14(2)10-11-7-8-12-5-3-4-6-13(12)9-11;;;;/h2*3-6,8-9H,10H2,1-2H3;2*1H;;/q2*-1;;;2*+2/p-2. The quantitative estimate of drug-likeness (QED) is 0.177. The monoisotopic (exact) mass is 650 g/mol. The van der Waals surface area contributed by atoms with E-state index < -0.39 is 0 Å². The van der Waals surface area contributed by atoms with Crippen LogP contribution in [0.15, 0.2) is 72.8 Å². The Morgan fingerprint density at radius 3 is 1.22 bits per heavy atom. The van der Waals surface area contributed by atoms with Crippen molar-refractivity contribution in [3.05, 3.63) is 96.1 Å². The molecule has 0 aliphatic heterocycles. The second kappa shape index (κ2) is 16.8. The summed E-state index contributed by atoms with van der Waals surface area (Å²) in [5.74, 6) is 0. The van der Waals surface area contributed by atoms with E-state index in [9.17, 15) is 0 Å². The van der Waals surface area contributed by atoms with Gasteiger partial charge in [0, 0.05) is 13.1 Å². The predicted molar refractivity (Wildman–Crippen MR) is 132 cm³/mol. The van der Waals surface area contributed by atoms with E-state index in [1.54, 1.807) is 0 Å². The Morgan fingerprint density at radius 1 is 0.594 bits per heavy atom. The van der Waals surface area contributed by atoms with Crippen LogP contribution >= 0.6 is 19.1 Å². The van der Waals surface area contributed by atoms with Crippen LogP contribution in [-0.4, -0.2) is 38.0 Å². The molecule has 4 aromatic carbocycles. The second-order valence-electron chi connectivity index (χ2n) is 7.65. The molecule has 0 aromatic heterocycles. The van der Waals surface area contributed by atoms with Gasteiger partial charge in [-0.15, -0.1) is 44.8 Å². The van der Waals surface area contributed by atoms with Crippen LogP contribution in [0.5, 0.6) is 0 Å². The van der Waals surface area contributed by atoms with Gasteiger partial charge in [-0.1, -0.05) is 36.4 Å². The topological polar surface area (TPSA) is 6.48 Å². The van der Waals surface area contributed by atoms with E-state index >= 15 is 0 Å². The fraction of sp³-hybridized carbons (Fsp3) is 0.231. The molecule has 0 radical (unpaired) electrons. The molecular formula is C26H28Cl2N2Pd2. The average Bonchev–Trinajstić information content (AvgIpc) is 2.81. The molecule has 0 bridgehead atoms. The predicted octanol–water partition coefficient (Wildman–Crippen LogP) is 6.78. The second-order valence-corrected chi connectivity index (χ2v) is 7.65. The Morgan fingerprint density at radius 2 is 0.906 bits per heavy atom. The number of benzene rings is 4. The van der Waals surface area contributed by atoms with Gasteiger partial charge in [0.15, 0.2) is 0 Å². The molecule has 4 aromatic rings. The molecule has 0 unspecified atom stereocenters. The molecule has 0 aliphatic rings. The number of halogens is 2. The summed E-state index contributed by atoms with van der Waals surface area (Å²) in [6.45, 7) is 1.90. The minimum atomic E-state index is 0.949. The van der Waals surface area contributed by atoms with Crippen molar-refractivity contribution >= 4 is 40.6 Å². The SMILES string of the molecule is CN(C)Cc1[c-]cc2ccccc2c1.CN(C)Cc1[c-]cc2ccccc2c1.[Cl][Pd+].[Cl][Pd+]. The molecule has 0 fully saturated rings. The van der Waals surface area contributed by atoms with E-state index in [1.165, 1.54) is 32.7 Å². The third kappa shape index (κ3) is 10.4. The number of hydrogen-bond donors (Lipinski definition) is 0. The van der Waals surface area contributed by atoms with Crippen LogP contribution in [0.4, 0.5) is 0 Å². The number of hydrogen-bond acceptors (Lipinski definition) is 2. The van der Waals surface area contributed by atoms with E-state index in [-0.39, 0.29) is 0 Å². The Labute approximate surface area is 222 Å². The van der Waals surface area contributed by atoms with Crippen LogP contribution in [0.1, 0.15) is 11.1 Å². The molecule has 176 valence electrons. The Hall–Kier alpha value is -0.775. The van der Waals surface area contributed by atoms with Crippen molar-refractivity contribution in [1.82, 2.24) is 9.80 Å². The molecule has 6 heteroatoms. The molecule has 2 nitrogen and oxygen atoms in total. The molecule has 0 N–H and O–H groups in total. The summed E-state index contributed by atoms with van der Waals surface area (Å²) >= 11 is 4.44. The Kier molecular flexibility index (Phi) is 15.3. The van der Waals surface area contributed by atoms with Gasteiger partial charge in [-0.3, -0.25) is 0 Å². The van der Waals surface area contributed by atoms with Crippen LogP contribution < -0.4 is 0 Å². The fourth-order valence-corrected chi connectivity index (χ4v) is 3.21. The fourth-order valence-electron chi connectivity index (χ4n) is 3.21. The van der Waals surface area contributed by atoms with Crippen LogP contribution in [0.2, 0.25) is 0 Å². The third-order valence-corrected chi connectivity index (χ3v) is 4.45. The molecular weight excluding hydrogens is 624 g/mol. The van der Waals surface area contributed by atoms with Crippen LogP contribution in [-0.2, 0) is 49.5 Å². The number of nitrogens with zero attached hydrogens (tertiary/aromatic N) is 2. The molecule has 4 rings (SSSR count).